The van der Waals surface area contributed by atoms with Crippen LogP contribution in [0.1, 0.15) is 44.2 Å². The van der Waals surface area contributed by atoms with Gasteiger partial charge in [-0.25, -0.2) is 8.42 Å². The monoisotopic (exact) mass is 487 g/mol. The Morgan fingerprint density at radius 3 is 2.21 bits per heavy atom. The summed E-state index contributed by atoms with van der Waals surface area (Å²) in [6.45, 7) is 6.31. The second-order valence-electron chi connectivity index (χ2n) is 8.50. The van der Waals surface area contributed by atoms with Crippen molar-refractivity contribution < 1.29 is 18.0 Å². The molecule has 2 amide bonds. The summed E-state index contributed by atoms with van der Waals surface area (Å²) >= 11 is 0. The molecular weight excluding hydrogens is 450 g/mol. The first-order valence-corrected chi connectivity index (χ1v) is 13.7. The van der Waals surface area contributed by atoms with Gasteiger partial charge in [0.1, 0.15) is 12.6 Å². The first-order valence-electron chi connectivity index (χ1n) is 11.8. The largest absolute Gasteiger partial charge is 0.354 e. The van der Waals surface area contributed by atoms with E-state index >= 15 is 0 Å². The molecule has 34 heavy (non-hydrogen) atoms. The number of sulfonamides is 1. The first kappa shape index (κ1) is 27.4. The Morgan fingerprint density at radius 1 is 1.00 bits per heavy atom. The maximum Gasteiger partial charge on any atom is 0.244 e. The minimum atomic E-state index is -3.71. The minimum absolute atomic E-state index is 0.210. The molecule has 0 aliphatic rings. The maximum absolute atomic E-state index is 13.5. The third kappa shape index (κ3) is 8.17. The Labute approximate surface area is 204 Å². The summed E-state index contributed by atoms with van der Waals surface area (Å²) in [5.74, 6) is -0.613. The van der Waals surface area contributed by atoms with Crippen molar-refractivity contribution in [1.29, 1.82) is 0 Å². The van der Waals surface area contributed by atoms with Gasteiger partial charge in [-0.05, 0) is 43.9 Å². The molecule has 0 spiro atoms. The van der Waals surface area contributed by atoms with Crippen molar-refractivity contribution >= 4 is 27.5 Å². The van der Waals surface area contributed by atoms with Gasteiger partial charge < -0.3 is 10.2 Å². The fraction of sp³-hybridized carbons (Fsp3) is 0.462. The highest BCUT2D eigenvalue weighted by Crippen LogP contribution is 2.19. The molecule has 0 bridgehead atoms. The molecule has 1 atom stereocenters. The van der Waals surface area contributed by atoms with E-state index in [2.05, 4.69) is 5.32 Å². The van der Waals surface area contributed by atoms with Crippen LogP contribution in [0.3, 0.4) is 0 Å². The van der Waals surface area contributed by atoms with Gasteiger partial charge in [-0.1, -0.05) is 68.3 Å². The summed E-state index contributed by atoms with van der Waals surface area (Å²) in [7, 11) is -3.71. The van der Waals surface area contributed by atoms with Gasteiger partial charge in [0.05, 0.1) is 11.9 Å². The lowest BCUT2D eigenvalue weighted by Crippen LogP contribution is -2.53. The number of hydrogen-bond donors (Lipinski definition) is 1. The minimum Gasteiger partial charge on any atom is -0.354 e. The Balaban J connectivity index is 2.31. The molecule has 0 saturated carbocycles. The highest BCUT2D eigenvalue weighted by Gasteiger charge is 2.31. The van der Waals surface area contributed by atoms with Crippen LogP contribution < -0.4 is 9.62 Å². The Morgan fingerprint density at radius 2 is 1.65 bits per heavy atom. The van der Waals surface area contributed by atoms with Crippen molar-refractivity contribution in [2.75, 3.05) is 30.2 Å². The lowest BCUT2D eigenvalue weighted by Gasteiger charge is -2.33. The summed E-state index contributed by atoms with van der Waals surface area (Å²) in [4.78, 5) is 28.0. The standard InChI is InChI=1S/C26H37N3O4S/c1-5-7-18-27-26(31)24(6-2)28(19-17-22-11-9-8-10-12-22)25(30)20-29(34(4,32)33)23-15-13-21(3)14-16-23/h8-16,24H,5-7,17-20H2,1-4H3,(H,27,31)/t24-/m0/s1. The third-order valence-corrected chi connectivity index (χ3v) is 6.84. The molecule has 2 aromatic rings. The van der Waals surface area contributed by atoms with Crippen molar-refractivity contribution in [1.82, 2.24) is 10.2 Å². The molecule has 2 aromatic carbocycles. The van der Waals surface area contributed by atoms with Crippen LogP contribution in [-0.4, -0.2) is 57.1 Å². The number of hydrogen-bond acceptors (Lipinski definition) is 4. The van der Waals surface area contributed by atoms with Crippen LogP contribution in [0, 0.1) is 6.92 Å². The van der Waals surface area contributed by atoms with Gasteiger partial charge >= 0.3 is 0 Å². The van der Waals surface area contributed by atoms with Gasteiger partial charge in [0.25, 0.3) is 0 Å². The van der Waals surface area contributed by atoms with Gasteiger partial charge in [0.2, 0.25) is 21.8 Å². The molecule has 0 heterocycles. The summed E-state index contributed by atoms with van der Waals surface area (Å²) in [6, 6.07) is 16.0. The SMILES string of the molecule is CCCCNC(=O)[C@H](CC)N(CCc1ccccc1)C(=O)CN(c1ccc(C)cc1)S(C)(=O)=O. The summed E-state index contributed by atoms with van der Waals surface area (Å²) in [5.41, 5.74) is 2.45. The molecule has 2 rings (SSSR count). The van der Waals surface area contributed by atoms with E-state index in [0.717, 1.165) is 34.5 Å². The molecule has 0 aromatic heterocycles. The van der Waals surface area contributed by atoms with E-state index < -0.39 is 22.0 Å². The molecular formula is C26H37N3O4S. The maximum atomic E-state index is 13.5. The molecule has 0 saturated heterocycles. The molecule has 186 valence electrons. The van der Waals surface area contributed by atoms with Crippen LogP contribution in [0.4, 0.5) is 5.69 Å². The third-order valence-electron chi connectivity index (χ3n) is 5.70. The van der Waals surface area contributed by atoms with E-state index in [-0.39, 0.29) is 12.5 Å². The van der Waals surface area contributed by atoms with Gasteiger partial charge in [-0.3, -0.25) is 13.9 Å². The van der Waals surface area contributed by atoms with Gasteiger partial charge in [0.15, 0.2) is 0 Å². The molecule has 1 N–H and O–H groups in total. The molecule has 7 nitrogen and oxygen atoms in total. The van der Waals surface area contributed by atoms with Gasteiger partial charge in [-0.15, -0.1) is 0 Å². The van der Waals surface area contributed by atoms with Crippen LogP contribution in [0.5, 0.6) is 0 Å². The fourth-order valence-electron chi connectivity index (χ4n) is 3.73. The lowest BCUT2D eigenvalue weighted by molar-refractivity contribution is -0.139. The highest BCUT2D eigenvalue weighted by atomic mass is 32.2. The number of benzene rings is 2. The zero-order chi connectivity index (χ0) is 25.1. The predicted octanol–water partition coefficient (Wildman–Crippen LogP) is 3.53. The second-order valence-corrected chi connectivity index (χ2v) is 10.4. The Hall–Kier alpha value is -2.87. The van der Waals surface area contributed by atoms with E-state index in [4.69, 9.17) is 0 Å². The second kappa shape index (κ2) is 13.1. The Bertz CT molecular complexity index is 1020. The van der Waals surface area contributed by atoms with Crippen molar-refractivity contribution in [3.05, 3.63) is 65.7 Å². The fourth-order valence-corrected chi connectivity index (χ4v) is 4.58. The molecule has 8 heteroatoms. The number of rotatable bonds is 13. The topological polar surface area (TPSA) is 86.8 Å². The van der Waals surface area contributed by atoms with Crippen molar-refractivity contribution in [3.63, 3.8) is 0 Å². The number of unbranched alkanes of at least 4 members (excludes halogenated alkanes) is 1. The summed E-state index contributed by atoms with van der Waals surface area (Å²) < 4.78 is 26.3. The predicted molar refractivity (Wildman–Crippen MR) is 137 cm³/mol. The average Bonchev–Trinajstić information content (AvgIpc) is 2.80. The summed E-state index contributed by atoms with van der Waals surface area (Å²) in [6.07, 6.45) is 3.89. The molecule has 0 radical (unpaired) electrons. The lowest BCUT2D eigenvalue weighted by atomic mass is 10.1. The van der Waals surface area contributed by atoms with Gasteiger partial charge in [-0.2, -0.15) is 0 Å². The zero-order valence-electron chi connectivity index (χ0n) is 20.7. The number of nitrogens with zero attached hydrogens (tertiary/aromatic N) is 2. The average molecular weight is 488 g/mol. The highest BCUT2D eigenvalue weighted by molar-refractivity contribution is 7.92. The number of anilines is 1. The number of amides is 2. The number of aryl methyl sites for hydroxylation is 1. The molecule has 0 unspecified atom stereocenters. The van der Waals surface area contributed by atoms with Crippen molar-refractivity contribution in [2.24, 2.45) is 0 Å². The van der Waals surface area contributed by atoms with Crippen LogP contribution in [0.25, 0.3) is 0 Å². The normalized spacial score (nSPS) is 12.1. The first-order chi connectivity index (χ1) is 16.2. The van der Waals surface area contributed by atoms with E-state index in [1.807, 2.05) is 51.1 Å². The number of carbonyl (C=O) groups is 2. The Kier molecular flexibility index (Phi) is 10.6. The van der Waals surface area contributed by atoms with E-state index in [1.165, 1.54) is 4.90 Å². The van der Waals surface area contributed by atoms with Crippen LogP contribution >= 0.6 is 0 Å². The van der Waals surface area contributed by atoms with Crippen LogP contribution in [0.2, 0.25) is 0 Å². The van der Waals surface area contributed by atoms with Gasteiger partial charge in [0, 0.05) is 13.1 Å². The molecule has 0 fully saturated rings. The number of carbonyl (C=O) groups excluding carboxylic acids is 2. The smallest absolute Gasteiger partial charge is 0.244 e. The van der Waals surface area contributed by atoms with Crippen LogP contribution in [-0.2, 0) is 26.0 Å². The number of nitrogens with one attached hydrogen (secondary N) is 1. The van der Waals surface area contributed by atoms with E-state index in [1.54, 1.807) is 24.3 Å². The van der Waals surface area contributed by atoms with E-state index in [9.17, 15) is 18.0 Å². The zero-order valence-corrected chi connectivity index (χ0v) is 21.5. The van der Waals surface area contributed by atoms with Crippen molar-refractivity contribution in [3.8, 4) is 0 Å². The molecule has 0 aliphatic carbocycles. The summed E-state index contributed by atoms with van der Waals surface area (Å²) in [5, 5.41) is 2.92. The van der Waals surface area contributed by atoms with Crippen LogP contribution in [0.15, 0.2) is 54.6 Å². The van der Waals surface area contributed by atoms with Crippen molar-refractivity contribution in [2.45, 2.75) is 52.5 Å². The molecule has 0 aliphatic heterocycles. The van der Waals surface area contributed by atoms with E-state index in [0.29, 0.717) is 31.6 Å². The quantitative estimate of drug-likeness (QED) is 0.438.